The average molecular weight is 196 g/mol. The van der Waals surface area contributed by atoms with Crippen LogP contribution in [-0.4, -0.2) is 0 Å². The first-order valence-corrected chi connectivity index (χ1v) is 6.36. The van der Waals surface area contributed by atoms with Crippen LogP contribution in [0.5, 0.6) is 0 Å². The third kappa shape index (κ3) is 1.61. The van der Waals surface area contributed by atoms with Gasteiger partial charge in [-0.3, -0.25) is 0 Å². The van der Waals surface area contributed by atoms with Crippen LogP contribution in [0.15, 0.2) is 0 Å². The second-order valence-corrected chi connectivity index (χ2v) is 6.27. The molecule has 0 bridgehead atoms. The van der Waals surface area contributed by atoms with Crippen LogP contribution < -0.4 is 0 Å². The van der Waals surface area contributed by atoms with Crippen molar-refractivity contribution in [3.63, 3.8) is 0 Å². The van der Waals surface area contributed by atoms with Crippen LogP contribution >= 0.6 is 0 Å². The third-order valence-corrected chi connectivity index (χ3v) is 5.61. The van der Waals surface area contributed by atoms with Crippen LogP contribution in [0.25, 0.3) is 0 Å². The first-order valence-electron chi connectivity index (χ1n) is 6.36. The highest BCUT2D eigenvalue weighted by Gasteiger charge is 2.51. The molecule has 0 N–H and O–H groups in total. The summed E-state index contributed by atoms with van der Waals surface area (Å²) in [5.41, 5.74) is 1.10. The van der Waals surface area contributed by atoms with Crippen molar-refractivity contribution in [1.29, 1.82) is 0 Å². The number of hydrogen-bond acceptors (Lipinski definition) is 0. The summed E-state index contributed by atoms with van der Waals surface area (Å²) in [4.78, 5) is 0. The van der Waals surface area contributed by atoms with E-state index in [9.17, 15) is 0 Å². The van der Waals surface area contributed by atoms with Gasteiger partial charge in [0.2, 0.25) is 0 Å². The molecule has 1 saturated carbocycles. The molecule has 0 saturated heterocycles. The van der Waals surface area contributed by atoms with E-state index in [0.29, 0.717) is 10.8 Å². The van der Waals surface area contributed by atoms with Crippen LogP contribution in [0, 0.1) is 22.7 Å². The molecule has 0 aromatic rings. The molecular weight excluding hydrogens is 168 g/mol. The van der Waals surface area contributed by atoms with Crippen molar-refractivity contribution in [2.75, 3.05) is 0 Å². The lowest BCUT2D eigenvalue weighted by molar-refractivity contribution is 0.0342. The zero-order valence-corrected chi connectivity index (χ0v) is 11.0. The maximum absolute atomic E-state index is 2.52. The summed E-state index contributed by atoms with van der Waals surface area (Å²) < 4.78 is 0. The van der Waals surface area contributed by atoms with E-state index in [1.54, 1.807) is 0 Å². The van der Waals surface area contributed by atoms with Gasteiger partial charge in [0.05, 0.1) is 0 Å². The molecule has 14 heavy (non-hydrogen) atoms. The number of rotatable bonds is 3. The highest BCUT2D eigenvalue weighted by molar-refractivity contribution is 5.00. The van der Waals surface area contributed by atoms with Crippen LogP contribution in [0.3, 0.4) is 0 Å². The normalized spacial score (nSPS) is 38.6. The van der Waals surface area contributed by atoms with E-state index >= 15 is 0 Å². The molecule has 1 fully saturated rings. The SMILES string of the molecule is CCCC(C)C1(C)CCC(C)C1(C)C. The van der Waals surface area contributed by atoms with Gasteiger partial charge in [-0.1, -0.05) is 54.4 Å². The Hall–Kier alpha value is 0. The highest BCUT2D eigenvalue weighted by Crippen LogP contribution is 2.60. The lowest BCUT2D eigenvalue weighted by atomic mass is 9.59. The summed E-state index contributed by atoms with van der Waals surface area (Å²) >= 11 is 0. The fourth-order valence-electron chi connectivity index (χ4n) is 3.40. The van der Waals surface area contributed by atoms with Gasteiger partial charge in [-0.05, 0) is 35.5 Å². The largest absolute Gasteiger partial charge is 0.0654 e. The molecular formula is C14H28. The molecule has 84 valence electrons. The molecule has 0 radical (unpaired) electrons. The minimum atomic E-state index is 0.529. The molecule has 3 unspecified atom stereocenters. The summed E-state index contributed by atoms with van der Waals surface area (Å²) in [5, 5.41) is 0. The van der Waals surface area contributed by atoms with Gasteiger partial charge < -0.3 is 0 Å². The van der Waals surface area contributed by atoms with Crippen molar-refractivity contribution in [1.82, 2.24) is 0 Å². The molecule has 0 heterocycles. The van der Waals surface area contributed by atoms with E-state index in [0.717, 1.165) is 11.8 Å². The average Bonchev–Trinajstić information content (AvgIpc) is 2.31. The first kappa shape index (κ1) is 12.1. The third-order valence-electron chi connectivity index (χ3n) is 5.61. The van der Waals surface area contributed by atoms with Gasteiger partial charge in [0.25, 0.3) is 0 Å². The van der Waals surface area contributed by atoms with E-state index in [-0.39, 0.29) is 0 Å². The molecule has 0 nitrogen and oxygen atoms in total. The Morgan fingerprint density at radius 2 is 1.86 bits per heavy atom. The van der Waals surface area contributed by atoms with Gasteiger partial charge in [0.1, 0.15) is 0 Å². The molecule has 1 aliphatic carbocycles. The molecule has 0 amide bonds. The Kier molecular flexibility index (Phi) is 3.33. The maximum Gasteiger partial charge on any atom is -0.0246 e. The van der Waals surface area contributed by atoms with E-state index < -0.39 is 0 Å². The quantitative estimate of drug-likeness (QED) is 0.603. The molecule has 0 spiro atoms. The Bertz CT molecular complexity index is 192. The van der Waals surface area contributed by atoms with Gasteiger partial charge in [-0.25, -0.2) is 0 Å². The van der Waals surface area contributed by atoms with Crippen LogP contribution in [-0.2, 0) is 0 Å². The number of hydrogen-bond donors (Lipinski definition) is 0. The monoisotopic (exact) mass is 196 g/mol. The minimum Gasteiger partial charge on any atom is -0.0654 e. The van der Waals surface area contributed by atoms with Crippen molar-refractivity contribution in [3.05, 3.63) is 0 Å². The van der Waals surface area contributed by atoms with E-state index in [1.807, 2.05) is 0 Å². The second kappa shape index (κ2) is 3.87. The summed E-state index contributed by atoms with van der Waals surface area (Å²) in [6, 6.07) is 0. The van der Waals surface area contributed by atoms with Gasteiger partial charge in [-0.2, -0.15) is 0 Å². The molecule has 0 aromatic carbocycles. The predicted molar refractivity (Wildman–Crippen MR) is 64.4 cm³/mol. The van der Waals surface area contributed by atoms with Gasteiger partial charge in [-0.15, -0.1) is 0 Å². The Balaban J connectivity index is 2.83. The summed E-state index contributed by atoms with van der Waals surface area (Å²) in [7, 11) is 0. The lowest BCUT2D eigenvalue weighted by Crippen LogP contribution is -2.38. The van der Waals surface area contributed by atoms with E-state index in [2.05, 4.69) is 41.5 Å². The molecule has 1 aliphatic rings. The zero-order chi connectivity index (χ0) is 11.0. The van der Waals surface area contributed by atoms with Crippen molar-refractivity contribution in [2.24, 2.45) is 22.7 Å². The van der Waals surface area contributed by atoms with Crippen molar-refractivity contribution >= 4 is 0 Å². The van der Waals surface area contributed by atoms with E-state index in [1.165, 1.54) is 25.7 Å². The Morgan fingerprint density at radius 1 is 1.29 bits per heavy atom. The summed E-state index contributed by atoms with van der Waals surface area (Å²) in [6.45, 7) is 14.7. The fourth-order valence-corrected chi connectivity index (χ4v) is 3.40. The second-order valence-electron chi connectivity index (χ2n) is 6.27. The first-order chi connectivity index (χ1) is 6.36. The van der Waals surface area contributed by atoms with Gasteiger partial charge in [0, 0.05) is 0 Å². The molecule has 0 aliphatic heterocycles. The Morgan fingerprint density at radius 3 is 2.21 bits per heavy atom. The standard InChI is InChI=1S/C14H28/c1-7-8-12(3)14(6)10-9-11(2)13(14,4)5/h11-12H,7-10H2,1-6H3. The highest BCUT2D eigenvalue weighted by atomic mass is 14.6. The topological polar surface area (TPSA) is 0 Å². The van der Waals surface area contributed by atoms with Crippen LogP contribution in [0.1, 0.15) is 67.2 Å². The van der Waals surface area contributed by atoms with Crippen LogP contribution in [0.2, 0.25) is 0 Å². The Labute approximate surface area is 90.5 Å². The summed E-state index contributed by atoms with van der Waals surface area (Å²) in [5.74, 6) is 1.78. The smallest absolute Gasteiger partial charge is 0.0246 e. The lowest BCUT2D eigenvalue weighted by Gasteiger charge is -2.45. The van der Waals surface area contributed by atoms with Crippen molar-refractivity contribution in [3.8, 4) is 0 Å². The van der Waals surface area contributed by atoms with Crippen molar-refractivity contribution < 1.29 is 0 Å². The maximum atomic E-state index is 2.52. The van der Waals surface area contributed by atoms with E-state index in [4.69, 9.17) is 0 Å². The van der Waals surface area contributed by atoms with Gasteiger partial charge in [0.15, 0.2) is 0 Å². The van der Waals surface area contributed by atoms with Crippen molar-refractivity contribution in [2.45, 2.75) is 67.2 Å². The van der Waals surface area contributed by atoms with Gasteiger partial charge >= 0.3 is 0 Å². The fraction of sp³-hybridized carbons (Fsp3) is 1.00. The molecule has 0 heteroatoms. The van der Waals surface area contributed by atoms with Crippen LogP contribution in [0.4, 0.5) is 0 Å². The predicted octanol–water partition coefficient (Wildman–Crippen LogP) is 4.89. The summed E-state index contributed by atoms with van der Waals surface area (Å²) in [6.07, 6.45) is 5.59. The molecule has 3 atom stereocenters. The molecule has 0 aromatic heterocycles. The molecule has 1 rings (SSSR count). The minimum absolute atomic E-state index is 0.529. The zero-order valence-electron chi connectivity index (χ0n) is 11.0.